The Balaban J connectivity index is 0.00000114. The predicted molar refractivity (Wildman–Crippen MR) is 103 cm³/mol. The number of hydrogen-bond acceptors (Lipinski definition) is 6. The Hall–Kier alpha value is -1.50. The lowest BCUT2D eigenvalue weighted by Gasteiger charge is -2.31. The first-order valence-corrected chi connectivity index (χ1v) is 9.67. The van der Waals surface area contributed by atoms with E-state index in [1.165, 1.54) is 0 Å². The SMILES string of the molecule is NC(CCCCB(O)O)C1CCC(C(=O)c2ccc(Cl)cc2)CC1.O=C=O. The fourth-order valence-electron chi connectivity index (χ4n) is 3.60. The third-order valence-corrected chi connectivity index (χ3v) is 5.38. The summed E-state index contributed by atoms with van der Waals surface area (Å²) in [5.74, 6) is 0.785. The molecule has 1 aliphatic carbocycles. The van der Waals surface area contributed by atoms with Crippen LogP contribution < -0.4 is 5.73 Å². The molecule has 2 rings (SSSR count). The summed E-state index contributed by atoms with van der Waals surface area (Å²) in [5.41, 5.74) is 7.04. The lowest BCUT2D eigenvalue weighted by Crippen LogP contribution is -2.34. The normalized spacial score (nSPS) is 20.0. The minimum Gasteiger partial charge on any atom is -0.427 e. The highest BCUT2D eigenvalue weighted by Crippen LogP contribution is 2.33. The second kappa shape index (κ2) is 12.8. The van der Waals surface area contributed by atoms with Gasteiger partial charge in [0.15, 0.2) is 5.78 Å². The maximum Gasteiger partial charge on any atom is 0.451 e. The first-order valence-electron chi connectivity index (χ1n) is 9.29. The third-order valence-electron chi connectivity index (χ3n) is 5.13. The largest absolute Gasteiger partial charge is 0.451 e. The number of carbonyl (C=O) groups excluding carboxylic acids is 3. The van der Waals surface area contributed by atoms with Crippen molar-refractivity contribution in [1.82, 2.24) is 0 Å². The van der Waals surface area contributed by atoms with Crippen LogP contribution in [0, 0.1) is 11.8 Å². The van der Waals surface area contributed by atoms with Crippen molar-refractivity contribution in [2.75, 3.05) is 0 Å². The van der Waals surface area contributed by atoms with Gasteiger partial charge in [-0.3, -0.25) is 4.79 Å². The third kappa shape index (κ3) is 8.82. The smallest absolute Gasteiger partial charge is 0.427 e. The average Bonchev–Trinajstić information content (AvgIpc) is 2.66. The molecule has 0 radical (unpaired) electrons. The minimum atomic E-state index is -1.21. The van der Waals surface area contributed by atoms with Crippen molar-refractivity contribution in [3.63, 3.8) is 0 Å². The van der Waals surface area contributed by atoms with E-state index in [4.69, 9.17) is 37.0 Å². The molecule has 0 heterocycles. The molecule has 6 nitrogen and oxygen atoms in total. The highest BCUT2D eigenvalue weighted by atomic mass is 35.5. The fourth-order valence-corrected chi connectivity index (χ4v) is 3.73. The molecular formula is C19H27BClNO5. The summed E-state index contributed by atoms with van der Waals surface area (Å²) in [5, 5.41) is 18.3. The molecule has 1 aromatic rings. The van der Waals surface area contributed by atoms with E-state index < -0.39 is 7.12 Å². The number of carbonyl (C=O) groups is 1. The second-order valence-electron chi connectivity index (χ2n) is 7.00. The molecule has 1 fully saturated rings. The van der Waals surface area contributed by atoms with Gasteiger partial charge >= 0.3 is 13.3 Å². The van der Waals surface area contributed by atoms with Crippen molar-refractivity contribution in [2.45, 2.75) is 57.3 Å². The van der Waals surface area contributed by atoms with Gasteiger partial charge in [0.2, 0.25) is 0 Å². The molecule has 4 N–H and O–H groups in total. The van der Waals surface area contributed by atoms with E-state index >= 15 is 0 Å². The van der Waals surface area contributed by atoms with Gasteiger partial charge in [-0.05, 0) is 68.6 Å². The van der Waals surface area contributed by atoms with Crippen molar-refractivity contribution in [3.05, 3.63) is 34.9 Å². The monoisotopic (exact) mass is 395 g/mol. The van der Waals surface area contributed by atoms with Crippen LogP contribution in [0.25, 0.3) is 0 Å². The van der Waals surface area contributed by atoms with Crippen LogP contribution in [0.15, 0.2) is 24.3 Å². The number of halogens is 1. The van der Waals surface area contributed by atoms with E-state index in [1.807, 2.05) is 0 Å². The number of hydrogen-bond donors (Lipinski definition) is 3. The summed E-state index contributed by atoms with van der Waals surface area (Å²) < 4.78 is 0. The molecule has 27 heavy (non-hydrogen) atoms. The zero-order valence-corrected chi connectivity index (χ0v) is 16.1. The summed E-state index contributed by atoms with van der Waals surface area (Å²) in [4.78, 5) is 28.8. The fraction of sp³-hybridized carbons (Fsp3) is 0.579. The molecule has 0 bridgehead atoms. The molecule has 0 spiro atoms. The van der Waals surface area contributed by atoms with Crippen LogP contribution in [0.3, 0.4) is 0 Å². The Morgan fingerprint density at radius 1 is 1.15 bits per heavy atom. The molecule has 1 saturated carbocycles. The lowest BCUT2D eigenvalue weighted by molar-refractivity contribution is -0.191. The summed E-state index contributed by atoms with van der Waals surface area (Å²) in [6, 6.07) is 7.28. The number of ketones is 1. The topological polar surface area (TPSA) is 118 Å². The van der Waals surface area contributed by atoms with E-state index in [2.05, 4.69) is 0 Å². The molecule has 0 amide bonds. The standard InChI is InChI=1S/C18H27BClNO3.CO2/c20-16-10-8-15(9-11-16)18(22)14-6-4-13(5-7-14)17(21)3-1-2-12-19(23)24;2-1-3/h8-11,13-14,17,23-24H,1-7,12,21H2;. The number of unbranched alkanes of at least 4 members (excludes halogenated alkanes) is 1. The first-order chi connectivity index (χ1) is 12.9. The van der Waals surface area contributed by atoms with Gasteiger partial charge in [-0.2, -0.15) is 9.59 Å². The van der Waals surface area contributed by atoms with Crippen LogP contribution in [0.2, 0.25) is 11.3 Å². The van der Waals surface area contributed by atoms with Gasteiger partial charge in [0.1, 0.15) is 0 Å². The second-order valence-corrected chi connectivity index (χ2v) is 7.43. The van der Waals surface area contributed by atoms with Crippen molar-refractivity contribution in [2.24, 2.45) is 17.6 Å². The van der Waals surface area contributed by atoms with E-state index in [9.17, 15) is 4.79 Å². The number of nitrogens with two attached hydrogens (primary N) is 1. The van der Waals surface area contributed by atoms with Crippen molar-refractivity contribution >= 4 is 30.7 Å². The van der Waals surface area contributed by atoms with Crippen molar-refractivity contribution < 1.29 is 24.4 Å². The van der Waals surface area contributed by atoms with Crippen LogP contribution in [-0.2, 0) is 9.59 Å². The zero-order valence-electron chi connectivity index (χ0n) is 15.4. The highest BCUT2D eigenvalue weighted by Gasteiger charge is 2.29. The molecule has 0 aromatic heterocycles. The Kier molecular flexibility index (Phi) is 11.2. The summed E-state index contributed by atoms with van der Waals surface area (Å²) in [7, 11) is -1.21. The molecule has 1 aromatic carbocycles. The quantitative estimate of drug-likeness (QED) is 0.354. The van der Waals surface area contributed by atoms with Gasteiger partial charge in [0.05, 0.1) is 0 Å². The number of Topliss-reactive ketones (excluding diaryl/α,β-unsaturated/α-hetero) is 1. The molecule has 0 saturated heterocycles. The van der Waals surface area contributed by atoms with Crippen LogP contribution in [0.1, 0.15) is 55.3 Å². The Morgan fingerprint density at radius 2 is 1.70 bits per heavy atom. The van der Waals surface area contributed by atoms with E-state index in [1.54, 1.807) is 24.3 Å². The van der Waals surface area contributed by atoms with Gasteiger partial charge in [0, 0.05) is 22.5 Å². The van der Waals surface area contributed by atoms with Crippen LogP contribution in [-0.4, -0.2) is 35.1 Å². The van der Waals surface area contributed by atoms with Crippen LogP contribution in [0.5, 0.6) is 0 Å². The van der Waals surface area contributed by atoms with E-state index in [-0.39, 0.29) is 23.9 Å². The molecule has 0 aliphatic heterocycles. The van der Waals surface area contributed by atoms with Gasteiger partial charge in [-0.15, -0.1) is 0 Å². The Labute approximate surface area is 165 Å². The maximum atomic E-state index is 12.5. The molecule has 148 valence electrons. The Morgan fingerprint density at radius 3 is 2.22 bits per heavy atom. The van der Waals surface area contributed by atoms with Crippen LogP contribution in [0.4, 0.5) is 0 Å². The zero-order chi connectivity index (χ0) is 20.2. The van der Waals surface area contributed by atoms with Gasteiger partial charge in [-0.1, -0.05) is 24.4 Å². The highest BCUT2D eigenvalue weighted by molar-refractivity contribution is 6.40. The molecule has 1 aliphatic rings. The summed E-state index contributed by atoms with van der Waals surface area (Å²) in [6.07, 6.45) is 7.06. The van der Waals surface area contributed by atoms with Gasteiger partial charge in [0.25, 0.3) is 0 Å². The van der Waals surface area contributed by atoms with Crippen molar-refractivity contribution in [1.29, 1.82) is 0 Å². The van der Waals surface area contributed by atoms with E-state index in [0.29, 0.717) is 17.3 Å². The van der Waals surface area contributed by atoms with Crippen molar-refractivity contribution in [3.8, 4) is 0 Å². The minimum absolute atomic E-state index is 0.0964. The van der Waals surface area contributed by atoms with Gasteiger partial charge < -0.3 is 15.8 Å². The Bertz CT molecular complexity index is 597. The average molecular weight is 396 g/mol. The molecule has 8 heteroatoms. The molecular weight excluding hydrogens is 368 g/mol. The lowest BCUT2D eigenvalue weighted by atomic mass is 9.75. The first kappa shape index (κ1) is 23.5. The van der Waals surface area contributed by atoms with Crippen LogP contribution >= 0.6 is 11.6 Å². The number of rotatable bonds is 8. The molecule has 1 atom stereocenters. The maximum absolute atomic E-state index is 12.5. The molecule has 1 unspecified atom stereocenters. The summed E-state index contributed by atoms with van der Waals surface area (Å²) in [6.45, 7) is 0. The van der Waals surface area contributed by atoms with Gasteiger partial charge in [-0.25, -0.2) is 0 Å². The summed E-state index contributed by atoms with van der Waals surface area (Å²) >= 11 is 5.87. The number of benzene rings is 1. The van der Waals surface area contributed by atoms with E-state index in [0.717, 1.165) is 50.5 Å². The predicted octanol–water partition coefficient (Wildman–Crippen LogP) is 2.72.